The zero-order valence-corrected chi connectivity index (χ0v) is 12.1. The predicted octanol–water partition coefficient (Wildman–Crippen LogP) is 3.19. The third-order valence-corrected chi connectivity index (χ3v) is 3.81. The van der Waals surface area contributed by atoms with E-state index in [0.717, 1.165) is 36.6 Å². The first-order valence-electron chi connectivity index (χ1n) is 7.33. The number of aryl methyl sites for hydroxylation is 1. The van der Waals surface area contributed by atoms with Gasteiger partial charge in [-0.1, -0.05) is 25.5 Å². The lowest BCUT2D eigenvalue weighted by Gasteiger charge is -2.10. The first-order chi connectivity index (χ1) is 9.85. The Hall–Kier alpha value is -1.97. The summed E-state index contributed by atoms with van der Waals surface area (Å²) in [5.41, 5.74) is 3.62. The highest BCUT2D eigenvalue weighted by atomic mass is 16.5. The molecule has 1 aromatic carbocycles. The van der Waals surface area contributed by atoms with Gasteiger partial charge in [0, 0.05) is 12.1 Å². The van der Waals surface area contributed by atoms with Crippen molar-refractivity contribution in [3.63, 3.8) is 0 Å². The minimum absolute atomic E-state index is 0.855. The summed E-state index contributed by atoms with van der Waals surface area (Å²) in [7, 11) is 1.70. The van der Waals surface area contributed by atoms with E-state index in [1.807, 2.05) is 22.9 Å². The van der Waals surface area contributed by atoms with Gasteiger partial charge in [0.15, 0.2) is 0 Å². The van der Waals surface area contributed by atoms with Gasteiger partial charge in [0.2, 0.25) is 0 Å². The fourth-order valence-corrected chi connectivity index (χ4v) is 2.77. The number of rotatable bonds is 5. The largest absolute Gasteiger partial charge is 0.494 e. The second-order valence-corrected chi connectivity index (χ2v) is 5.14. The van der Waals surface area contributed by atoms with Gasteiger partial charge < -0.3 is 10.1 Å². The van der Waals surface area contributed by atoms with Crippen molar-refractivity contribution in [2.45, 2.75) is 32.6 Å². The predicted molar refractivity (Wildman–Crippen MR) is 80.9 cm³/mol. The summed E-state index contributed by atoms with van der Waals surface area (Å²) in [6.07, 6.45) is 4.52. The van der Waals surface area contributed by atoms with Crippen LogP contribution >= 0.6 is 0 Å². The van der Waals surface area contributed by atoms with E-state index >= 15 is 0 Å². The maximum absolute atomic E-state index is 5.46. The molecule has 0 saturated carbocycles. The summed E-state index contributed by atoms with van der Waals surface area (Å²) in [6, 6.07) is 8.03. The van der Waals surface area contributed by atoms with Crippen LogP contribution in [0.25, 0.3) is 5.69 Å². The van der Waals surface area contributed by atoms with Gasteiger partial charge in [0.25, 0.3) is 0 Å². The van der Waals surface area contributed by atoms with Gasteiger partial charge in [-0.15, -0.1) is 0 Å². The molecule has 0 unspecified atom stereocenters. The van der Waals surface area contributed by atoms with Crippen molar-refractivity contribution < 1.29 is 4.74 Å². The van der Waals surface area contributed by atoms with E-state index < -0.39 is 0 Å². The number of nitrogens with one attached hydrogen (secondary N) is 1. The molecule has 1 N–H and O–H groups in total. The molecule has 1 aliphatic rings. The fourth-order valence-electron chi connectivity index (χ4n) is 2.77. The van der Waals surface area contributed by atoms with Crippen LogP contribution in [0.2, 0.25) is 0 Å². The van der Waals surface area contributed by atoms with Gasteiger partial charge in [-0.3, -0.25) is 0 Å². The van der Waals surface area contributed by atoms with Gasteiger partial charge >= 0.3 is 0 Å². The lowest BCUT2D eigenvalue weighted by Crippen LogP contribution is -2.06. The molecule has 0 bridgehead atoms. The van der Waals surface area contributed by atoms with E-state index in [-0.39, 0.29) is 0 Å². The summed E-state index contributed by atoms with van der Waals surface area (Å²) in [5.74, 6) is 1.99. The van der Waals surface area contributed by atoms with E-state index in [9.17, 15) is 0 Å². The molecule has 2 aromatic rings. The molecule has 2 heterocycles. The van der Waals surface area contributed by atoms with E-state index in [1.165, 1.54) is 24.1 Å². The van der Waals surface area contributed by atoms with Gasteiger partial charge in [0.1, 0.15) is 17.3 Å². The number of para-hydroxylation sites is 2. The van der Waals surface area contributed by atoms with Gasteiger partial charge in [-0.2, -0.15) is 5.10 Å². The quantitative estimate of drug-likeness (QED) is 0.907. The zero-order valence-electron chi connectivity index (χ0n) is 12.1. The fraction of sp³-hybridized carbons (Fsp3) is 0.438. The number of nitrogens with zero attached hydrogens (tertiary/aromatic N) is 2. The molecule has 1 aromatic heterocycles. The Balaban J connectivity index is 2.05. The van der Waals surface area contributed by atoms with E-state index in [1.54, 1.807) is 7.11 Å². The number of fused-ring (bicyclic) bond motifs is 1. The Morgan fingerprint density at radius 1 is 1.35 bits per heavy atom. The smallest absolute Gasteiger partial charge is 0.144 e. The zero-order chi connectivity index (χ0) is 13.9. The summed E-state index contributed by atoms with van der Waals surface area (Å²) < 4.78 is 7.47. The van der Waals surface area contributed by atoms with Crippen LogP contribution in [0.15, 0.2) is 24.3 Å². The van der Waals surface area contributed by atoms with Crippen LogP contribution in [-0.4, -0.2) is 23.4 Å². The Labute approximate surface area is 119 Å². The summed E-state index contributed by atoms with van der Waals surface area (Å²) >= 11 is 0. The first kappa shape index (κ1) is 13.0. The number of hydrogen-bond donors (Lipinski definition) is 1. The molecule has 0 radical (unpaired) electrons. The Morgan fingerprint density at radius 2 is 2.20 bits per heavy atom. The van der Waals surface area contributed by atoms with Crippen LogP contribution in [0, 0.1) is 0 Å². The highest BCUT2D eigenvalue weighted by molar-refractivity contribution is 5.60. The van der Waals surface area contributed by atoms with Crippen molar-refractivity contribution >= 4 is 5.82 Å². The number of ether oxygens (including phenoxy) is 1. The third-order valence-electron chi connectivity index (χ3n) is 3.81. The second-order valence-electron chi connectivity index (χ2n) is 5.14. The van der Waals surface area contributed by atoms with Crippen LogP contribution in [-0.2, 0) is 12.8 Å². The second kappa shape index (κ2) is 5.57. The highest BCUT2D eigenvalue weighted by Gasteiger charge is 2.23. The van der Waals surface area contributed by atoms with Gasteiger partial charge in [-0.25, -0.2) is 4.68 Å². The molecule has 106 valence electrons. The summed E-state index contributed by atoms with van der Waals surface area (Å²) in [4.78, 5) is 0. The molecular formula is C16H21N3O. The minimum atomic E-state index is 0.855. The molecule has 3 rings (SSSR count). The van der Waals surface area contributed by atoms with Crippen molar-refractivity contribution in [1.82, 2.24) is 9.78 Å². The van der Waals surface area contributed by atoms with Crippen molar-refractivity contribution in [2.24, 2.45) is 0 Å². The first-order valence-corrected chi connectivity index (χ1v) is 7.33. The molecule has 4 nitrogen and oxygen atoms in total. The number of benzene rings is 1. The van der Waals surface area contributed by atoms with Gasteiger partial charge in [-0.05, 0) is 31.4 Å². The normalized spacial score (nSPS) is 13.1. The number of anilines is 1. The Morgan fingerprint density at radius 3 is 3.00 bits per heavy atom. The number of aromatic nitrogens is 2. The maximum Gasteiger partial charge on any atom is 0.144 e. The molecule has 4 heteroatoms. The molecule has 0 spiro atoms. The third kappa shape index (κ3) is 2.15. The molecule has 0 aliphatic carbocycles. The molecule has 20 heavy (non-hydrogen) atoms. The van der Waals surface area contributed by atoms with E-state index in [4.69, 9.17) is 9.84 Å². The molecule has 0 amide bonds. The van der Waals surface area contributed by atoms with E-state index in [2.05, 4.69) is 18.3 Å². The monoisotopic (exact) mass is 271 g/mol. The van der Waals surface area contributed by atoms with Crippen LogP contribution in [0.5, 0.6) is 5.75 Å². The van der Waals surface area contributed by atoms with Crippen LogP contribution < -0.4 is 10.1 Å². The highest BCUT2D eigenvalue weighted by Crippen LogP contribution is 2.32. The van der Waals surface area contributed by atoms with Crippen LogP contribution in [0.1, 0.15) is 31.0 Å². The SMILES string of the molecule is CCCCc1nn(-c2ccccc2OC)c2c1CCN2. The lowest BCUT2D eigenvalue weighted by atomic mass is 10.1. The average Bonchev–Trinajstić information content (AvgIpc) is 3.08. The Kier molecular flexibility index (Phi) is 3.63. The van der Waals surface area contributed by atoms with Crippen LogP contribution in [0.3, 0.4) is 0 Å². The summed E-state index contributed by atoms with van der Waals surface area (Å²) in [5, 5.41) is 8.28. The number of unbranched alkanes of at least 4 members (excludes halogenated alkanes) is 1. The lowest BCUT2D eigenvalue weighted by molar-refractivity contribution is 0.412. The molecule has 0 saturated heterocycles. The molecular weight excluding hydrogens is 250 g/mol. The number of methoxy groups -OCH3 is 1. The standard InChI is InChI=1S/C16H21N3O/c1-3-4-7-13-12-10-11-17-16(12)19(18-13)14-8-5-6-9-15(14)20-2/h5-6,8-9,17H,3-4,7,10-11H2,1-2H3. The van der Waals surface area contributed by atoms with E-state index in [0.29, 0.717) is 0 Å². The molecule has 1 aliphatic heterocycles. The Bertz CT molecular complexity index is 604. The number of hydrogen-bond acceptors (Lipinski definition) is 3. The summed E-state index contributed by atoms with van der Waals surface area (Å²) in [6.45, 7) is 3.22. The molecule has 0 atom stereocenters. The van der Waals surface area contributed by atoms with Crippen molar-refractivity contribution in [1.29, 1.82) is 0 Å². The minimum Gasteiger partial charge on any atom is -0.494 e. The van der Waals surface area contributed by atoms with Gasteiger partial charge in [0.05, 0.1) is 12.8 Å². The van der Waals surface area contributed by atoms with Crippen molar-refractivity contribution in [3.8, 4) is 11.4 Å². The topological polar surface area (TPSA) is 39.1 Å². The van der Waals surface area contributed by atoms with Crippen molar-refractivity contribution in [3.05, 3.63) is 35.5 Å². The maximum atomic E-state index is 5.46. The van der Waals surface area contributed by atoms with Crippen molar-refractivity contribution in [2.75, 3.05) is 19.0 Å². The average molecular weight is 271 g/mol. The van der Waals surface area contributed by atoms with Crippen LogP contribution in [0.4, 0.5) is 5.82 Å². The molecule has 0 fully saturated rings.